The molecule has 0 saturated carbocycles. The lowest BCUT2D eigenvalue weighted by Crippen LogP contribution is -2.31. The Bertz CT molecular complexity index is 4350. The summed E-state index contributed by atoms with van der Waals surface area (Å²) in [6.07, 6.45) is 6.82. The van der Waals surface area contributed by atoms with Gasteiger partial charge in [-0.25, -0.2) is 9.97 Å². The van der Waals surface area contributed by atoms with E-state index in [2.05, 4.69) is 214 Å². The lowest BCUT2D eigenvalue weighted by atomic mass is 9.91. The van der Waals surface area contributed by atoms with Crippen molar-refractivity contribution in [2.75, 3.05) is 0 Å². The Morgan fingerprint density at radius 1 is 0.431 bits per heavy atom. The third-order valence-corrected chi connectivity index (χ3v) is 14.2. The molecule has 1 aliphatic carbocycles. The molecule has 0 saturated heterocycles. The van der Waals surface area contributed by atoms with Crippen LogP contribution in [0, 0.1) is 0 Å². The van der Waals surface area contributed by atoms with Crippen molar-refractivity contribution >= 4 is 88.5 Å². The van der Waals surface area contributed by atoms with E-state index in [1.54, 1.807) is 0 Å². The third kappa shape index (κ3) is 4.71. The molecule has 0 spiro atoms. The van der Waals surface area contributed by atoms with Crippen LogP contribution in [-0.4, -0.2) is 23.7 Å². The highest BCUT2D eigenvalue weighted by molar-refractivity contribution is 6.23. The van der Waals surface area contributed by atoms with Crippen molar-refractivity contribution in [1.82, 2.24) is 23.7 Å². The van der Waals surface area contributed by atoms with Crippen LogP contribution in [0.5, 0.6) is 0 Å². The Morgan fingerprint density at radius 3 is 1.97 bits per heavy atom. The molecule has 0 fully saturated rings. The highest BCUT2D eigenvalue weighted by atomic mass is 15.1. The molecule has 4 aromatic heterocycles. The van der Waals surface area contributed by atoms with E-state index in [9.17, 15) is 0 Å². The SMILES string of the molecule is C1=c2c(n(-c3nc4ccc5ccccc5c4nc3-c3ccc4c(c3)c3ccccc3n4-c3ccccc3)c3cc4c5ccccc5n5c4c(c23)-c2ccccc2-c2ccccc2-5)=CCC1. The van der Waals surface area contributed by atoms with Crippen molar-refractivity contribution < 1.29 is 0 Å². The molecular formula is C60H37N5. The lowest BCUT2D eigenvalue weighted by molar-refractivity contribution is 0.982. The zero-order valence-electron chi connectivity index (χ0n) is 35.2. The minimum absolute atomic E-state index is 0.831. The molecular weight excluding hydrogens is 791 g/mol. The topological polar surface area (TPSA) is 40.6 Å². The second-order valence-electron chi connectivity index (χ2n) is 17.5. The van der Waals surface area contributed by atoms with E-state index in [-0.39, 0.29) is 0 Å². The van der Waals surface area contributed by atoms with Gasteiger partial charge in [0, 0.05) is 59.9 Å². The Morgan fingerprint density at radius 2 is 1.11 bits per heavy atom. The second kappa shape index (κ2) is 13.0. The monoisotopic (exact) mass is 827 g/mol. The van der Waals surface area contributed by atoms with Crippen molar-refractivity contribution in [2.45, 2.75) is 12.8 Å². The van der Waals surface area contributed by atoms with E-state index >= 15 is 0 Å². The number of hydrogen-bond acceptors (Lipinski definition) is 2. The number of rotatable bonds is 3. The summed E-state index contributed by atoms with van der Waals surface area (Å²) in [6.45, 7) is 0. The van der Waals surface area contributed by atoms with Crippen molar-refractivity contribution in [1.29, 1.82) is 0 Å². The average Bonchev–Trinajstić information content (AvgIpc) is 3.97. The molecule has 0 bridgehead atoms. The number of aromatic nitrogens is 5. The predicted molar refractivity (Wildman–Crippen MR) is 270 cm³/mol. The van der Waals surface area contributed by atoms with Crippen LogP contribution in [0.15, 0.2) is 188 Å². The first-order chi connectivity index (χ1) is 32.3. The molecule has 5 nitrogen and oxygen atoms in total. The van der Waals surface area contributed by atoms with Gasteiger partial charge in [0.25, 0.3) is 0 Å². The van der Waals surface area contributed by atoms with E-state index in [0.29, 0.717) is 0 Å². The van der Waals surface area contributed by atoms with Crippen LogP contribution in [0.4, 0.5) is 0 Å². The number of hydrogen-bond donors (Lipinski definition) is 0. The Balaban J connectivity index is 1.12. The van der Waals surface area contributed by atoms with E-state index in [0.717, 1.165) is 68.4 Å². The molecule has 2 aliphatic rings. The molecule has 15 rings (SSSR count). The van der Waals surface area contributed by atoms with Gasteiger partial charge in [0.2, 0.25) is 0 Å². The maximum absolute atomic E-state index is 5.77. The van der Waals surface area contributed by atoms with Gasteiger partial charge in [-0.1, -0.05) is 146 Å². The zero-order valence-corrected chi connectivity index (χ0v) is 35.2. The highest BCUT2D eigenvalue weighted by Gasteiger charge is 2.30. The number of nitrogens with zero attached hydrogens (tertiary/aromatic N) is 5. The summed E-state index contributed by atoms with van der Waals surface area (Å²) < 4.78 is 7.36. The van der Waals surface area contributed by atoms with Gasteiger partial charge in [0.1, 0.15) is 5.69 Å². The smallest absolute Gasteiger partial charge is 0.165 e. The summed E-state index contributed by atoms with van der Waals surface area (Å²) in [5.41, 5.74) is 16.9. The van der Waals surface area contributed by atoms with E-state index in [1.165, 1.54) is 82.0 Å². The van der Waals surface area contributed by atoms with Crippen molar-refractivity contribution in [3.05, 3.63) is 199 Å². The molecule has 0 unspecified atom stereocenters. The van der Waals surface area contributed by atoms with Gasteiger partial charge in [-0.2, -0.15) is 0 Å². The van der Waals surface area contributed by atoms with Gasteiger partial charge < -0.3 is 9.13 Å². The van der Waals surface area contributed by atoms with Crippen LogP contribution in [0.1, 0.15) is 12.8 Å². The van der Waals surface area contributed by atoms with Gasteiger partial charge in [-0.05, 0) is 84.0 Å². The summed E-state index contributed by atoms with van der Waals surface area (Å²) in [6, 6.07) is 68.5. The Labute approximate surface area is 372 Å². The summed E-state index contributed by atoms with van der Waals surface area (Å²) in [7, 11) is 0. The van der Waals surface area contributed by atoms with Gasteiger partial charge in [0.05, 0.1) is 49.7 Å². The Kier molecular flexibility index (Phi) is 7.00. The van der Waals surface area contributed by atoms with Crippen LogP contribution in [0.2, 0.25) is 0 Å². The summed E-state index contributed by atoms with van der Waals surface area (Å²) >= 11 is 0. The highest BCUT2D eigenvalue weighted by Crippen LogP contribution is 2.49. The summed E-state index contributed by atoms with van der Waals surface area (Å²) in [4.78, 5) is 11.5. The van der Waals surface area contributed by atoms with E-state index in [4.69, 9.17) is 9.97 Å². The van der Waals surface area contributed by atoms with Gasteiger partial charge in [-0.15, -0.1) is 0 Å². The fraction of sp³-hybridized carbons (Fsp3) is 0.0333. The number of para-hydroxylation sites is 4. The van der Waals surface area contributed by atoms with Gasteiger partial charge in [-0.3, -0.25) is 4.57 Å². The van der Waals surface area contributed by atoms with Crippen LogP contribution in [0.3, 0.4) is 0 Å². The van der Waals surface area contributed by atoms with E-state index in [1.807, 2.05) is 0 Å². The summed E-state index contributed by atoms with van der Waals surface area (Å²) in [5.74, 6) is 0.831. The van der Waals surface area contributed by atoms with Crippen LogP contribution in [0.25, 0.3) is 139 Å². The third-order valence-electron chi connectivity index (χ3n) is 14.2. The van der Waals surface area contributed by atoms with Crippen molar-refractivity contribution in [3.63, 3.8) is 0 Å². The lowest BCUT2D eigenvalue weighted by Gasteiger charge is -2.16. The quantitative estimate of drug-likeness (QED) is 0.167. The van der Waals surface area contributed by atoms with Crippen LogP contribution >= 0.6 is 0 Å². The maximum Gasteiger partial charge on any atom is 0.165 e. The molecule has 0 atom stereocenters. The first-order valence-corrected chi connectivity index (χ1v) is 22.6. The molecule has 1 aliphatic heterocycles. The molecule has 9 aromatic carbocycles. The molecule has 13 aromatic rings. The molecule has 302 valence electrons. The normalized spacial score (nSPS) is 13.0. The molecule has 65 heavy (non-hydrogen) atoms. The minimum Gasteiger partial charge on any atom is -0.309 e. The molecule has 0 N–H and O–H groups in total. The maximum atomic E-state index is 5.77. The van der Waals surface area contributed by atoms with Gasteiger partial charge >= 0.3 is 0 Å². The fourth-order valence-corrected chi connectivity index (χ4v) is 11.5. The first-order valence-electron chi connectivity index (χ1n) is 22.6. The van der Waals surface area contributed by atoms with Crippen LogP contribution in [-0.2, 0) is 0 Å². The zero-order chi connectivity index (χ0) is 42.3. The standard InChI is InChI=1S/C60H37N5/c1-2-17-38(18-3-1)63-49-26-12-9-22-42(49)46-34-37(31-33-53(46)63)57-60(61-48-32-30-36-16-4-5-19-39(36)58(48)62-57)65-52-29-15-11-25-45(52)55-54(65)35-47-43-23-10-14-28-51(43)64-50-27-13-8-21-41(50)40-20-6-7-24-44(40)56(55)59(47)64/h1-10,12-14,16-35H,11,15H2. The molecule has 5 heterocycles. The average molecular weight is 828 g/mol. The predicted octanol–water partition coefficient (Wildman–Crippen LogP) is 13.6. The Hall–Kier alpha value is -8.54. The van der Waals surface area contributed by atoms with Crippen LogP contribution < -0.4 is 10.6 Å². The number of fused-ring (bicyclic) bond motifs is 18. The first kappa shape index (κ1) is 35.0. The second-order valence-corrected chi connectivity index (χ2v) is 17.5. The molecule has 5 heteroatoms. The summed E-state index contributed by atoms with van der Waals surface area (Å²) in [5, 5.41) is 10.8. The minimum atomic E-state index is 0.831. The number of benzene rings is 9. The molecule has 0 amide bonds. The van der Waals surface area contributed by atoms with Crippen molar-refractivity contribution in [2.24, 2.45) is 0 Å². The molecule has 0 radical (unpaired) electrons. The van der Waals surface area contributed by atoms with Gasteiger partial charge in [0.15, 0.2) is 5.82 Å². The van der Waals surface area contributed by atoms with E-state index < -0.39 is 0 Å². The van der Waals surface area contributed by atoms with Crippen molar-refractivity contribution in [3.8, 4) is 50.7 Å². The largest absolute Gasteiger partial charge is 0.309 e. The fourth-order valence-electron chi connectivity index (χ4n) is 11.5.